The maximum Gasteiger partial charge on any atom is 0.320 e. The van der Waals surface area contributed by atoms with E-state index in [0.29, 0.717) is 16.7 Å². The largest absolute Gasteiger partial charge is 0.467 e. The van der Waals surface area contributed by atoms with Gasteiger partial charge in [-0.2, -0.15) is 9.97 Å². The number of aliphatic hydroxyl groups excluding tert-OH is 2. The van der Waals surface area contributed by atoms with Gasteiger partial charge in [-0.1, -0.05) is 0 Å². The molecule has 1 fully saturated rings. The molecule has 1 unspecified atom stereocenters. The minimum atomic E-state index is -1.68. The highest BCUT2D eigenvalue weighted by Gasteiger charge is 2.53. The van der Waals surface area contributed by atoms with Crippen LogP contribution in [0.5, 0.6) is 6.01 Å². The fourth-order valence-corrected chi connectivity index (χ4v) is 3.37. The third-order valence-electron chi connectivity index (χ3n) is 4.72. The summed E-state index contributed by atoms with van der Waals surface area (Å²) in [4.78, 5) is 20.3. The molecule has 1 saturated heterocycles. The van der Waals surface area contributed by atoms with E-state index in [-0.39, 0.29) is 24.3 Å². The zero-order valence-corrected chi connectivity index (χ0v) is 14.1. The monoisotopic (exact) mass is 365 g/mol. The molecule has 2 aromatic rings. The molecular weight excluding hydrogens is 346 g/mol. The number of nitrogens with one attached hydrogen (secondary N) is 2. The van der Waals surface area contributed by atoms with Crippen molar-refractivity contribution in [3.8, 4) is 6.01 Å². The van der Waals surface area contributed by atoms with Crippen molar-refractivity contribution < 1.29 is 29.6 Å². The lowest BCUT2D eigenvalue weighted by molar-refractivity contribution is -0.114. The van der Waals surface area contributed by atoms with E-state index >= 15 is 0 Å². The topological polar surface area (TPSA) is 151 Å². The molecule has 140 valence electrons. The van der Waals surface area contributed by atoms with Crippen molar-refractivity contribution in [2.24, 2.45) is 0 Å². The third kappa shape index (κ3) is 2.32. The van der Waals surface area contributed by atoms with Crippen molar-refractivity contribution in [2.75, 3.05) is 30.9 Å². The zero-order valence-electron chi connectivity index (χ0n) is 14.1. The number of methoxy groups -OCH3 is 1. The summed E-state index contributed by atoms with van der Waals surface area (Å²) < 4.78 is 12.3. The summed E-state index contributed by atoms with van der Waals surface area (Å²) in [5.41, 5.74) is -0.771. The number of carbonyl (C=O) groups is 1. The summed E-state index contributed by atoms with van der Waals surface area (Å²) in [6.45, 7) is 1.00. The van der Waals surface area contributed by atoms with Crippen LogP contribution in [0.4, 0.5) is 11.5 Å². The van der Waals surface area contributed by atoms with Crippen LogP contribution in [0.3, 0.4) is 0 Å². The highest BCUT2D eigenvalue weighted by atomic mass is 16.6. The summed E-state index contributed by atoms with van der Waals surface area (Å²) >= 11 is 0. The van der Waals surface area contributed by atoms with Gasteiger partial charge in [0.1, 0.15) is 17.8 Å². The second-order valence-electron chi connectivity index (χ2n) is 6.49. The maximum absolute atomic E-state index is 11.9. The van der Waals surface area contributed by atoms with Crippen LogP contribution in [-0.4, -0.2) is 73.8 Å². The molecule has 5 N–H and O–H groups in total. The van der Waals surface area contributed by atoms with Gasteiger partial charge in [0, 0.05) is 6.20 Å². The molecule has 2 aliphatic heterocycles. The Kier molecular flexibility index (Phi) is 3.77. The van der Waals surface area contributed by atoms with Gasteiger partial charge in [-0.05, 0) is 6.92 Å². The second kappa shape index (κ2) is 5.77. The van der Waals surface area contributed by atoms with E-state index < -0.39 is 30.6 Å². The van der Waals surface area contributed by atoms with E-state index in [9.17, 15) is 20.1 Å². The molecule has 2 aromatic heterocycles. The molecule has 1 amide bonds. The predicted molar refractivity (Wildman–Crippen MR) is 88.8 cm³/mol. The molecule has 11 heteroatoms. The van der Waals surface area contributed by atoms with Crippen molar-refractivity contribution in [1.29, 1.82) is 0 Å². The van der Waals surface area contributed by atoms with E-state index in [1.807, 2.05) is 0 Å². The molecule has 4 rings (SSSR count). The molecule has 0 aliphatic carbocycles. The highest BCUT2D eigenvalue weighted by Crippen LogP contribution is 2.43. The van der Waals surface area contributed by atoms with Crippen LogP contribution in [0.25, 0.3) is 11.0 Å². The van der Waals surface area contributed by atoms with Gasteiger partial charge >= 0.3 is 6.01 Å². The number of nitrogens with zero attached hydrogens (tertiary/aromatic N) is 3. The third-order valence-corrected chi connectivity index (χ3v) is 4.72. The van der Waals surface area contributed by atoms with Crippen LogP contribution in [0.2, 0.25) is 0 Å². The Morgan fingerprint density at radius 2 is 2.27 bits per heavy atom. The first-order valence-corrected chi connectivity index (χ1v) is 8.04. The molecule has 0 bridgehead atoms. The van der Waals surface area contributed by atoms with E-state index in [0.717, 1.165) is 0 Å². The molecule has 0 radical (unpaired) electrons. The summed E-state index contributed by atoms with van der Waals surface area (Å²) in [5, 5.41) is 36.6. The van der Waals surface area contributed by atoms with Gasteiger partial charge in [0.15, 0.2) is 17.7 Å². The molecule has 11 nitrogen and oxygen atoms in total. The van der Waals surface area contributed by atoms with E-state index in [1.54, 1.807) is 6.20 Å². The summed E-state index contributed by atoms with van der Waals surface area (Å²) in [7, 11) is 1.40. The summed E-state index contributed by atoms with van der Waals surface area (Å²) in [5.74, 6) is 0.00202. The Morgan fingerprint density at radius 1 is 1.50 bits per heavy atom. The molecule has 0 saturated carbocycles. The molecule has 0 spiro atoms. The SMILES string of the molecule is COc1nc2c3c(cn(C4O[C@H](CO)[C@@H](O)[C@@]4(C)O)c3n1)NCC(=O)N2. The smallest absolute Gasteiger partial charge is 0.320 e. The van der Waals surface area contributed by atoms with Gasteiger partial charge in [-0.15, -0.1) is 0 Å². The van der Waals surface area contributed by atoms with Crippen LogP contribution < -0.4 is 15.4 Å². The first-order valence-electron chi connectivity index (χ1n) is 8.04. The minimum absolute atomic E-state index is 0.0255. The van der Waals surface area contributed by atoms with Crippen molar-refractivity contribution in [2.45, 2.75) is 31.0 Å². The number of aliphatic hydroxyl groups is 3. The summed E-state index contributed by atoms with van der Waals surface area (Å²) in [6, 6.07) is 0.0255. The number of amides is 1. The van der Waals surface area contributed by atoms with Crippen molar-refractivity contribution in [3.63, 3.8) is 0 Å². The van der Waals surface area contributed by atoms with E-state index in [4.69, 9.17) is 9.47 Å². The highest BCUT2D eigenvalue weighted by molar-refractivity contribution is 6.08. The number of aromatic nitrogens is 3. The number of carbonyl (C=O) groups excluding carboxylic acids is 1. The fourth-order valence-electron chi connectivity index (χ4n) is 3.37. The Hall–Kier alpha value is -2.47. The Bertz CT molecular complexity index is 881. The molecule has 4 heterocycles. The van der Waals surface area contributed by atoms with Gasteiger partial charge in [0.05, 0.1) is 31.3 Å². The van der Waals surface area contributed by atoms with Crippen LogP contribution in [-0.2, 0) is 9.53 Å². The molecular formula is C15H19N5O6. The molecule has 2 aliphatic rings. The lowest BCUT2D eigenvalue weighted by atomic mass is 9.96. The normalized spacial score (nSPS) is 30.8. The first kappa shape index (κ1) is 17.0. The average Bonchev–Trinajstić information content (AvgIpc) is 3.01. The Balaban J connectivity index is 1.92. The van der Waals surface area contributed by atoms with Crippen molar-refractivity contribution in [1.82, 2.24) is 14.5 Å². The van der Waals surface area contributed by atoms with Crippen LogP contribution in [0, 0.1) is 0 Å². The standard InChI is InChI=1S/C15H19N5O6/c1-15(24)10(23)7(5-21)26-13(15)20-4-6-9-11(17-8(22)3-16-6)18-14(25-2)19-12(9)20/h4,7,10,13,16,21,23-24H,3,5H2,1-2H3,(H,17,18,19,22)/t7-,10-,13?,15-/m1/s1. The molecule has 0 aromatic carbocycles. The average molecular weight is 365 g/mol. The summed E-state index contributed by atoms with van der Waals surface area (Å²) in [6.07, 6.45) is -1.63. The van der Waals surface area contributed by atoms with Crippen molar-refractivity contribution >= 4 is 28.4 Å². The van der Waals surface area contributed by atoms with Crippen molar-refractivity contribution in [3.05, 3.63) is 6.20 Å². The van der Waals surface area contributed by atoms with Crippen LogP contribution in [0.1, 0.15) is 13.2 Å². The molecule has 4 atom stereocenters. The Morgan fingerprint density at radius 3 is 2.92 bits per heavy atom. The first-order chi connectivity index (χ1) is 12.4. The minimum Gasteiger partial charge on any atom is -0.467 e. The van der Waals surface area contributed by atoms with Crippen LogP contribution in [0.15, 0.2) is 6.20 Å². The number of anilines is 2. The predicted octanol–water partition coefficient (Wildman–Crippen LogP) is -1.19. The van der Waals surface area contributed by atoms with Crippen LogP contribution >= 0.6 is 0 Å². The van der Waals surface area contributed by atoms with Gasteiger partial charge in [-0.3, -0.25) is 4.79 Å². The van der Waals surface area contributed by atoms with E-state index in [2.05, 4.69) is 20.6 Å². The maximum atomic E-state index is 11.9. The van der Waals surface area contributed by atoms with Gasteiger partial charge in [0.2, 0.25) is 5.91 Å². The number of hydrogen-bond donors (Lipinski definition) is 5. The lowest BCUT2D eigenvalue weighted by Gasteiger charge is -2.27. The zero-order chi connectivity index (χ0) is 18.6. The number of hydrogen-bond acceptors (Lipinski definition) is 9. The number of ether oxygens (including phenoxy) is 2. The molecule has 26 heavy (non-hydrogen) atoms. The van der Waals surface area contributed by atoms with Gasteiger partial charge < -0.3 is 40.0 Å². The van der Waals surface area contributed by atoms with Gasteiger partial charge in [0.25, 0.3) is 0 Å². The second-order valence-corrected chi connectivity index (χ2v) is 6.49. The van der Waals surface area contributed by atoms with E-state index in [1.165, 1.54) is 18.6 Å². The number of rotatable bonds is 3. The Labute approximate surface area is 147 Å². The fraction of sp³-hybridized carbons (Fsp3) is 0.533. The quantitative estimate of drug-likeness (QED) is 0.452. The van der Waals surface area contributed by atoms with Gasteiger partial charge in [-0.25, -0.2) is 0 Å². The lowest BCUT2D eigenvalue weighted by Crippen LogP contribution is -2.44.